The Morgan fingerprint density at radius 1 is 1.14 bits per heavy atom. The molecular weight excluding hydrogens is 445 g/mol. The molecule has 1 amide bonds. The molecule has 2 aliphatic heterocycles. The number of hydrogen-bond acceptors (Lipinski definition) is 6. The summed E-state index contributed by atoms with van der Waals surface area (Å²) in [7, 11) is 2.04. The molecule has 2 aromatic carbocycles. The van der Waals surface area contributed by atoms with Crippen LogP contribution in [-0.4, -0.2) is 40.9 Å². The van der Waals surface area contributed by atoms with Gasteiger partial charge >= 0.3 is 0 Å². The van der Waals surface area contributed by atoms with Crippen LogP contribution in [0.15, 0.2) is 59.2 Å². The molecule has 35 heavy (non-hydrogen) atoms. The van der Waals surface area contributed by atoms with E-state index < -0.39 is 5.41 Å². The molecule has 178 valence electrons. The Morgan fingerprint density at radius 3 is 2.74 bits per heavy atom. The number of carbonyl (C=O) groups excluding carboxylic acids is 1. The lowest BCUT2D eigenvalue weighted by atomic mass is 9.76. The van der Waals surface area contributed by atoms with Crippen LogP contribution in [0.4, 0.5) is 15.9 Å². The number of anilines is 2. The summed E-state index contributed by atoms with van der Waals surface area (Å²) in [4.78, 5) is 27.6. The standard InChI is InChI=1S/C27H26FN5O2/c1-17-30-24-21(25(31-17)29-13-18-7-6-10-20-22(28)15-35-23(18)20)14-33(19-8-4-3-5-9-19)26(34)27(24)11-12-32(2)16-27/h3-10,15H,11-14,16H2,1-2H3,(H,29,30,31). The number of fused-ring (bicyclic) bond motifs is 3. The van der Waals surface area contributed by atoms with E-state index in [1.165, 1.54) is 0 Å². The topological polar surface area (TPSA) is 74.5 Å². The third kappa shape index (κ3) is 3.47. The Labute approximate surface area is 202 Å². The fourth-order valence-corrected chi connectivity index (χ4v) is 5.47. The number of rotatable bonds is 4. The van der Waals surface area contributed by atoms with Crippen molar-refractivity contribution in [1.29, 1.82) is 0 Å². The molecule has 0 saturated carbocycles. The van der Waals surface area contributed by atoms with Crippen molar-refractivity contribution in [1.82, 2.24) is 14.9 Å². The smallest absolute Gasteiger partial charge is 0.240 e. The van der Waals surface area contributed by atoms with Crippen molar-refractivity contribution in [2.45, 2.75) is 31.8 Å². The largest absolute Gasteiger partial charge is 0.461 e. The molecule has 4 heterocycles. The second-order valence-electron chi connectivity index (χ2n) is 9.47. The molecule has 6 rings (SSSR count). The summed E-state index contributed by atoms with van der Waals surface area (Å²) in [5.74, 6) is 1.02. The fourth-order valence-electron chi connectivity index (χ4n) is 5.47. The van der Waals surface area contributed by atoms with Gasteiger partial charge in [-0.3, -0.25) is 4.79 Å². The summed E-state index contributed by atoms with van der Waals surface area (Å²) < 4.78 is 19.5. The number of aromatic nitrogens is 2. The van der Waals surface area contributed by atoms with E-state index in [2.05, 4.69) is 10.2 Å². The van der Waals surface area contributed by atoms with Crippen LogP contribution in [0.2, 0.25) is 0 Å². The number of nitrogens with one attached hydrogen (secondary N) is 1. The van der Waals surface area contributed by atoms with Crippen LogP contribution in [0.25, 0.3) is 11.0 Å². The number of para-hydroxylation sites is 2. The molecule has 8 heteroatoms. The average molecular weight is 472 g/mol. The highest BCUT2D eigenvalue weighted by Crippen LogP contribution is 2.44. The second-order valence-corrected chi connectivity index (χ2v) is 9.47. The molecule has 2 aliphatic rings. The fraction of sp³-hybridized carbons (Fsp3) is 0.296. The first-order valence-electron chi connectivity index (χ1n) is 11.8. The first-order chi connectivity index (χ1) is 17.0. The molecule has 1 atom stereocenters. The van der Waals surface area contributed by atoms with Gasteiger partial charge in [0.25, 0.3) is 0 Å². The first-order valence-corrected chi connectivity index (χ1v) is 11.8. The Morgan fingerprint density at radius 2 is 1.97 bits per heavy atom. The van der Waals surface area contributed by atoms with Gasteiger partial charge in [0.1, 0.15) is 28.9 Å². The lowest BCUT2D eigenvalue weighted by Crippen LogP contribution is -2.53. The normalized spacial score (nSPS) is 20.1. The minimum Gasteiger partial charge on any atom is -0.461 e. The van der Waals surface area contributed by atoms with Crippen molar-refractivity contribution in [3.05, 3.63) is 83.3 Å². The third-order valence-corrected chi connectivity index (χ3v) is 7.15. The number of benzene rings is 2. The number of nitrogens with zero attached hydrogens (tertiary/aromatic N) is 4. The van der Waals surface area contributed by atoms with Crippen molar-refractivity contribution in [3.63, 3.8) is 0 Å². The van der Waals surface area contributed by atoms with Crippen molar-refractivity contribution in [2.75, 3.05) is 30.4 Å². The van der Waals surface area contributed by atoms with Crippen LogP contribution < -0.4 is 10.2 Å². The number of amides is 1. The van der Waals surface area contributed by atoms with Crippen molar-refractivity contribution in [3.8, 4) is 0 Å². The Kier molecular flexibility index (Phi) is 5.07. The van der Waals surface area contributed by atoms with Crippen molar-refractivity contribution < 1.29 is 13.6 Å². The minimum absolute atomic E-state index is 0.0837. The number of likely N-dealkylation sites (N-methyl/N-ethyl adjacent to an activating group) is 1. The Balaban J connectivity index is 1.44. The number of halogens is 1. The maximum Gasteiger partial charge on any atom is 0.240 e. The third-order valence-electron chi connectivity index (χ3n) is 7.15. The van der Waals surface area contributed by atoms with E-state index in [1.807, 2.05) is 61.3 Å². The van der Waals surface area contributed by atoms with Gasteiger partial charge in [-0.25, -0.2) is 14.4 Å². The molecule has 4 aromatic rings. The predicted octanol–water partition coefficient (Wildman–Crippen LogP) is 4.40. The van der Waals surface area contributed by atoms with Crippen LogP contribution in [-0.2, 0) is 23.3 Å². The van der Waals surface area contributed by atoms with Crippen LogP contribution in [0.5, 0.6) is 0 Å². The summed E-state index contributed by atoms with van der Waals surface area (Å²) in [5, 5.41) is 3.91. The summed E-state index contributed by atoms with van der Waals surface area (Å²) in [6.45, 7) is 4.08. The van der Waals surface area contributed by atoms with Crippen LogP contribution in [0.1, 0.15) is 29.1 Å². The molecule has 1 fully saturated rings. The zero-order valence-corrected chi connectivity index (χ0v) is 19.7. The van der Waals surface area contributed by atoms with E-state index >= 15 is 0 Å². The average Bonchev–Trinajstić information content (AvgIpc) is 3.45. The van der Waals surface area contributed by atoms with E-state index in [0.717, 1.165) is 35.3 Å². The van der Waals surface area contributed by atoms with Crippen LogP contribution in [0.3, 0.4) is 0 Å². The summed E-state index contributed by atoms with van der Waals surface area (Å²) in [6.07, 6.45) is 1.84. The van der Waals surface area contributed by atoms with Crippen molar-refractivity contribution >= 4 is 28.4 Å². The molecule has 0 bridgehead atoms. The molecular formula is C27H26FN5O2. The van der Waals surface area contributed by atoms with E-state index in [0.29, 0.717) is 48.7 Å². The zero-order valence-electron chi connectivity index (χ0n) is 19.7. The minimum atomic E-state index is -0.716. The molecule has 7 nitrogen and oxygen atoms in total. The van der Waals surface area contributed by atoms with Gasteiger partial charge in [0.05, 0.1) is 17.6 Å². The SMILES string of the molecule is Cc1nc(NCc2cccc3c(F)coc23)c2c(n1)C1(CCN(C)C1)C(=O)N(c1ccccc1)C2. The number of hydrogen-bond donors (Lipinski definition) is 1. The quantitative estimate of drug-likeness (QED) is 0.476. The molecule has 0 radical (unpaired) electrons. The number of carbonyl (C=O) groups is 1. The molecule has 1 N–H and O–H groups in total. The van der Waals surface area contributed by atoms with Crippen LogP contribution >= 0.6 is 0 Å². The number of likely N-dealkylation sites (tertiary alicyclic amines) is 1. The van der Waals surface area contributed by atoms with E-state index in [1.54, 1.807) is 6.07 Å². The highest BCUT2D eigenvalue weighted by atomic mass is 19.1. The zero-order chi connectivity index (χ0) is 24.2. The van der Waals surface area contributed by atoms with Gasteiger partial charge in [0.2, 0.25) is 5.91 Å². The van der Waals surface area contributed by atoms with Crippen LogP contribution in [0, 0.1) is 12.7 Å². The lowest BCUT2D eigenvalue weighted by Gasteiger charge is -2.40. The highest BCUT2D eigenvalue weighted by Gasteiger charge is 2.53. The van der Waals surface area contributed by atoms with E-state index in [-0.39, 0.29) is 11.7 Å². The van der Waals surface area contributed by atoms with Gasteiger partial charge in [-0.2, -0.15) is 0 Å². The maximum atomic E-state index is 14.0. The number of furan rings is 1. The number of aryl methyl sites for hydroxylation is 1. The summed E-state index contributed by atoms with van der Waals surface area (Å²) >= 11 is 0. The molecule has 1 saturated heterocycles. The Bertz CT molecular complexity index is 1440. The first kappa shape index (κ1) is 21.7. The molecule has 2 aromatic heterocycles. The summed E-state index contributed by atoms with van der Waals surface area (Å²) in [5.41, 5.74) is 3.24. The van der Waals surface area contributed by atoms with Gasteiger partial charge in [0.15, 0.2) is 5.82 Å². The molecule has 1 unspecified atom stereocenters. The van der Waals surface area contributed by atoms with Gasteiger partial charge < -0.3 is 19.5 Å². The maximum absolute atomic E-state index is 14.0. The van der Waals surface area contributed by atoms with E-state index in [4.69, 9.17) is 14.4 Å². The Hall–Kier alpha value is -3.78. The highest BCUT2D eigenvalue weighted by molar-refractivity contribution is 6.03. The monoisotopic (exact) mass is 471 g/mol. The van der Waals surface area contributed by atoms with Crippen molar-refractivity contribution in [2.24, 2.45) is 0 Å². The van der Waals surface area contributed by atoms with Gasteiger partial charge in [-0.15, -0.1) is 0 Å². The van der Waals surface area contributed by atoms with Gasteiger partial charge in [-0.05, 0) is 45.1 Å². The lowest BCUT2D eigenvalue weighted by molar-refractivity contribution is -0.124. The second kappa shape index (κ2) is 8.16. The van der Waals surface area contributed by atoms with E-state index in [9.17, 15) is 9.18 Å². The summed E-state index contributed by atoms with van der Waals surface area (Å²) in [6, 6.07) is 15.2. The van der Waals surface area contributed by atoms with Gasteiger partial charge in [0, 0.05) is 29.9 Å². The molecule has 0 aliphatic carbocycles. The molecule has 1 spiro atoms. The predicted molar refractivity (Wildman–Crippen MR) is 132 cm³/mol. The van der Waals surface area contributed by atoms with Gasteiger partial charge in [-0.1, -0.05) is 30.3 Å².